The minimum atomic E-state index is -0.231. The van der Waals surface area contributed by atoms with Crippen molar-refractivity contribution in [3.63, 3.8) is 0 Å². The van der Waals surface area contributed by atoms with Gasteiger partial charge in [-0.15, -0.1) is 0 Å². The molecule has 0 bridgehead atoms. The van der Waals surface area contributed by atoms with Gasteiger partial charge in [0.2, 0.25) is 0 Å². The van der Waals surface area contributed by atoms with Crippen LogP contribution in [0.3, 0.4) is 0 Å². The van der Waals surface area contributed by atoms with Gasteiger partial charge in [0.25, 0.3) is 0 Å². The van der Waals surface area contributed by atoms with Gasteiger partial charge in [0.15, 0.2) is 0 Å². The fourth-order valence-electron chi connectivity index (χ4n) is 2.18. The van der Waals surface area contributed by atoms with Gasteiger partial charge in [-0.3, -0.25) is 0 Å². The minimum absolute atomic E-state index is 0.111. The van der Waals surface area contributed by atoms with Crippen molar-refractivity contribution in [1.82, 2.24) is 5.32 Å². The summed E-state index contributed by atoms with van der Waals surface area (Å²) >= 11 is 0. The summed E-state index contributed by atoms with van der Waals surface area (Å²) in [5, 5.41) is 13.0. The van der Waals surface area contributed by atoms with Gasteiger partial charge < -0.3 is 19.9 Å². The topological polar surface area (TPSA) is 50.7 Å². The first-order valence-electron chi connectivity index (χ1n) is 7.38. The van der Waals surface area contributed by atoms with Crippen molar-refractivity contribution in [2.75, 3.05) is 19.8 Å². The Hall–Kier alpha value is -0.160. The largest absolute Gasteiger partial charge is 0.394 e. The first-order chi connectivity index (χ1) is 8.74. The van der Waals surface area contributed by atoms with Gasteiger partial charge in [-0.25, -0.2) is 0 Å². The summed E-state index contributed by atoms with van der Waals surface area (Å²) in [5.41, 5.74) is -0.342. The zero-order chi connectivity index (χ0) is 14.5. The molecule has 1 aliphatic rings. The molecule has 0 aliphatic heterocycles. The number of aliphatic hydroxyl groups excluding tert-OH is 1. The van der Waals surface area contributed by atoms with E-state index in [1.54, 1.807) is 0 Å². The number of rotatable bonds is 9. The summed E-state index contributed by atoms with van der Waals surface area (Å²) in [6.07, 6.45) is 3.39. The molecule has 1 fully saturated rings. The molecule has 0 radical (unpaired) electrons. The van der Waals surface area contributed by atoms with E-state index in [-0.39, 0.29) is 23.9 Å². The summed E-state index contributed by atoms with van der Waals surface area (Å²) in [6, 6.07) is 0.591. The van der Waals surface area contributed by atoms with E-state index in [9.17, 15) is 5.11 Å². The van der Waals surface area contributed by atoms with Crippen LogP contribution in [0.4, 0.5) is 0 Å². The first kappa shape index (κ1) is 16.9. The lowest BCUT2D eigenvalue weighted by Crippen LogP contribution is -2.49. The van der Waals surface area contributed by atoms with Gasteiger partial charge in [0, 0.05) is 11.6 Å². The van der Waals surface area contributed by atoms with Crippen molar-refractivity contribution >= 4 is 0 Å². The molecular formula is C15H31NO3. The maximum atomic E-state index is 9.55. The Labute approximate surface area is 117 Å². The lowest BCUT2D eigenvalue weighted by Gasteiger charge is -2.32. The van der Waals surface area contributed by atoms with Gasteiger partial charge in [-0.2, -0.15) is 0 Å². The average Bonchev–Trinajstić information content (AvgIpc) is 3.07. The van der Waals surface area contributed by atoms with Crippen LogP contribution in [0, 0.1) is 0 Å². The third-order valence-corrected chi connectivity index (χ3v) is 3.24. The Balaban J connectivity index is 2.19. The molecule has 0 heterocycles. The van der Waals surface area contributed by atoms with Crippen molar-refractivity contribution < 1.29 is 14.6 Å². The highest BCUT2D eigenvalue weighted by atomic mass is 16.5. The SMILES string of the molecule is CC(CC(C)(CO)NC1CC1)OCCOC(C)(C)C. The second-order valence-corrected chi connectivity index (χ2v) is 6.98. The van der Waals surface area contributed by atoms with Gasteiger partial charge in [-0.05, 0) is 53.9 Å². The Morgan fingerprint density at radius 2 is 1.84 bits per heavy atom. The van der Waals surface area contributed by atoms with E-state index in [1.807, 2.05) is 20.8 Å². The Kier molecular flexibility index (Phi) is 6.24. The number of hydrogen-bond acceptors (Lipinski definition) is 4. The molecule has 0 saturated heterocycles. The van der Waals surface area contributed by atoms with Crippen LogP contribution in [0.25, 0.3) is 0 Å². The van der Waals surface area contributed by atoms with Crippen LogP contribution in [0.15, 0.2) is 0 Å². The van der Waals surface area contributed by atoms with Crippen LogP contribution in [-0.2, 0) is 9.47 Å². The van der Waals surface area contributed by atoms with Crippen LogP contribution < -0.4 is 5.32 Å². The quantitative estimate of drug-likeness (QED) is 0.632. The van der Waals surface area contributed by atoms with E-state index >= 15 is 0 Å². The molecule has 0 aromatic carbocycles. The lowest BCUT2D eigenvalue weighted by molar-refractivity contribution is -0.0550. The Bertz CT molecular complexity index is 261. The molecule has 19 heavy (non-hydrogen) atoms. The molecule has 0 aromatic rings. The zero-order valence-electron chi connectivity index (χ0n) is 13.2. The Morgan fingerprint density at radius 1 is 1.21 bits per heavy atom. The molecule has 0 spiro atoms. The summed E-state index contributed by atoms with van der Waals surface area (Å²) in [7, 11) is 0. The minimum Gasteiger partial charge on any atom is -0.394 e. The first-order valence-corrected chi connectivity index (χ1v) is 7.38. The molecule has 2 N–H and O–H groups in total. The van der Waals surface area contributed by atoms with Crippen molar-refractivity contribution in [2.24, 2.45) is 0 Å². The summed E-state index contributed by atoms with van der Waals surface area (Å²) in [4.78, 5) is 0. The number of aliphatic hydroxyl groups is 1. The Morgan fingerprint density at radius 3 is 2.32 bits per heavy atom. The van der Waals surface area contributed by atoms with Crippen molar-refractivity contribution in [3.8, 4) is 0 Å². The van der Waals surface area contributed by atoms with E-state index < -0.39 is 0 Å². The molecule has 4 heteroatoms. The molecule has 114 valence electrons. The zero-order valence-corrected chi connectivity index (χ0v) is 13.2. The highest BCUT2D eigenvalue weighted by molar-refractivity contribution is 4.93. The molecular weight excluding hydrogens is 242 g/mol. The third kappa shape index (κ3) is 7.88. The van der Waals surface area contributed by atoms with Crippen LogP contribution >= 0.6 is 0 Å². The molecule has 2 atom stereocenters. The number of ether oxygens (including phenoxy) is 2. The van der Waals surface area contributed by atoms with Gasteiger partial charge in [-0.1, -0.05) is 0 Å². The summed E-state index contributed by atoms with van der Waals surface area (Å²) in [6.45, 7) is 11.6. The molecule has 1 aliphatic carbocycles. The van der Waals surface area contributed by atoms with E-state index in [0.29, 0.717) is 19.3 Å². The average molecular weight is 273 g/mol. The van der Waals surface area contributed by atoms with Crippen LogP contribution in [0.2, 0.25) is 0 Å². The molecule has 0 amide bonds. The molecule has 2 unspecified atom stereocenters. The van der Waals surface area contributed by atoms with E-state index in [1.165, 1.54) is 12.8 Å². The van der Waals surface area contributed by atoms with Crippen LogP contribution in [-0.4, -0.2) is 48.2 Å². The van der Waals surface area contributed by atoms with Crippen LogP contribution in [0.1, 0.15) is 53.9 Å². The summed E-state index contributed by atoms with van der Waals surface area (Å²) in [5.74, 6) is 0. The lowest BCUT2D eigenvalue weighted by atomic mass is 9.95. The predicted octanol–water partition coefficient (Wildman–Crippen LogP) is 2.10. The van der Waals surface area contributed by atoms with Crippen molar-refractivity contribution in [1.29, 1.82) is 0 Å². The third-order valence-electron chi connectivity index (χ3n) is 3.24. The van der Waals surface area contributed by atoms with Gasteiger partial charge in [0.05, 0.1) is 31.5 Å². The monoisotopic (exact) mass is 273 g/mol. The van der Waals surface area contributed by atoms with E-state index in [4.69, 9.17) is 9.47 Å². The highest BCUT2D eigenvalue weighted by Gasteiger charge is 2.33. The summed E-state index contributed by atoms with van der Waals surface area (Å²) < 4.78 is 11.4. The number of hydrogen-bond donors (Lipinski definition) is 2. The second-order valence-electron chi connectivity index (χ2n) is 6.98. The fourth-order valence-corrected chi connectivity index (χ4v) is 2.18. The molecule has 4 nitrogen and oxygen atoms in total. The molecule has 1 rings (SSSR count). The van der Waals surface area contributed by atoms with Gasteiger partial charge >= 0.3 is 0 Å². The maximum Gasteiger partial charge on any atom is 0.0707 e. The van der Waals surface area contributed by atoms with Crippen molar-refractivity contribution in [2.45, 2.75) is 77.2 Å². The van der Waals surface area contributed by atoms with Crippen molar-refractivity contribution in [3.05, 3.63) is 0 Å². The fraction of sp³-hybridized carbons (Fsp3) is 1.00. The molecule has 1 saturated carbocycles. The standard InChI is InChI=1S/C15H31NO3/c1-12(18-8-9-19-14(2,3)4)10-15(5,11-17)16-13-6-7-13/h12-13,16-17H,6-11H2,1-5H3. The normalized spacial score (nSPS) is 21.2. The smallest absolute Gasteiger partial charge is 0.0707 e. The van der Waals surface area contributed by atoms with Crippen LogP contribution in [0.5, 0.6) is 0 Å². The van der Waals surface area contributed by atoms with E-state index in [2.05, 4.69) is 19.2 Å². The predicted molar refractivity (Wildman–Crippen MR) is 77.4 cm³/mol. The second kappa shape index (κ2) is 7.02. The maximum absolute atomic E-state index is 9.55. The highest BCUT2D eigenvalue weighted by Crippen LogP contribution is 2.25. The number of nitrogens with one attached hydrogen (secondary N) is 1. The molecule has 0 aromatic heterocycles. The van der Waals surface area contributed by atoms with E-state index in [0.717, 1.165) is 6.42 Å². The van der Waals surface area contributed by atoms with Gasteiger partial charge in [0.1, 0.15) is 0 Å².